The molecule has 1 heterocycles. The van der Waals surface area contributed by atoms with Crippen LogP contribution >= 0.6 is 46.4 Å². The fourth-order valence-electron chi connectivity index (χ4n) is 2.12. The minimum absolute atomic E-state index is 0.315. The summed E-state index contributed by atoms with van der Waals surface area (Å²) in [6.07, 6.45) is 1.37. The van der Waals surface area contributed by atoms with Gasteiger partial charge in [-0.1, -0.05) is 46.4 Å². The molecule has 1 aromatic heterocycles. The van der Waals surface area contributed by atoms with Crippen molar-refractivity contribution in [3.63, 3.8) is 0 Å². The number of nitrogens with zero attached hydrogens (tertiary/aromatic N) is 2. The van der Waals surface area contributed by atoms with Crippen molar-refractivity contribution in [1.29, 1.82) is 0 Å². The van der Waals surface area contributed by atoms with Gasteiger partial charge in [-0.05, 0) is 36.4 Å². The number of nitrogen functional groups attached to an aromatic ring is 1. The number of anilines is 5. The lowest BCUT2D eigenvalue weighted by molar-refractivity contribution is 1.17. The molecular formula is C16H11Cl4N5. The number of benzene rings is 2. The van der Waals surface area contributed by atoms with Gasteiger partial charge in [-0.3, -0.25) is 0 Å². The molecule has 0 fully saturated rings. The normalized spacial score (nSPS) is 10.6. The Morgan fingerprint density at radius 3 is 1.36 bits per heavy atom. The molecule has 0 saturated carbocycles. The Morgan fingerprint density at radius 2 is 1.00 bits per heavy atom. The smallest absolute Gasteiger partial charge is 0.159 e. The molecule has 0 bridgehead atoms. The van der Waals surface area contributed by atoms with Crippen molar-refractivity contribution in [2.24, 2.45) is 0 Å². The Bertz CT molecular complexity index is 820. The fourth-order valence-corrected chi connectivity index (χ4v) is 3.17. The van der Waals surface area contributed by atoms with E-state index in [1.807, 2.05) is 0 Å². The number of hydrogen-bond donors (Lipinski definition) is 3. The van der Waals surface area contributed by atoms with Gasteiger partial charge in [-0.25, -0.2) is 9.97 Å². The zero-order chi connectivity index (χ0) is 18.0. The van der Waals surface area contributed by atoms with Gasteiger partial charge in [-0.15, -0.1) is 0 Å². The summed E-state index contributed by atoms with van der Waals surface area (Å²) < 4.78 is 0. The van der Waals surface area contributed by atoms with E-state index in [1.165, 1.54) is 6.33 Å². The maximum absolute atomic E-state index is 6.15. The molecule has 0 unspecified atom stereocenters. The first-order valence-electron chi connectivity index (χ1n) is 6.97. The molecule has 25 heavy (non-hydrogen) atoms. The highest BCUT2D eigenvalue weighted by Crippen LogP contribution is 2.31. The third-order valence-corrected chi connectivity index (χ3v) is 4.01. The molecule has 0 aliphatic carbocycles. The average molecular weight is 415 g/mol. The Morgan fingerprint density at radius 1 is 0.640 bits per heavy atom. The quantitative estimate of drug-likeness (QED) is 0.476. The van der Waals surface area contributed by atoms with E-state index >= 15 is 0 Å². The van der Waals surface area contributed by atoms with Gasteiger partial charge < -0.3 is 16.4 Å². The van der Waals surface area contributed by atoms with Gasteiger partial charge in [0.05, 0.1) is 0 Å². The van der Waals surface area contributed by atoms with Crippen molar-refractivity contribution in [1.82, 2.24) is 9.97 Å². The molecule has 0 atom stereocenters. The molecule has 0 saturated heterocycles. The maximum Gasteiger partial charge on any atom is 0.159 e. The summed E-state index contributed by atoms with van der Waals surface area (Å²) in [6, 6.07) is 10.1. The first-order chi connectivity index (χ1) is 11.9. The van der Waals surface area contributed by atoms with Gasteiger partial charge >= 0.3 is 0 Å². The lowest BCUT2D eigenvalue weighted by atomic mass is 10.3. The number of nitrogens with one attached hydrogen (secondary N) is 2. The zero-order valence-corrected chi connectivity index (χ0v) is 15.5. The van der Waals surface area contributed by atoms with E-state index in [0.717, 1.165) is 0 Å². The van der Waals surface area contributed by atoms with Gasteiger partial charge in [0, 0.05) is 31.5 Å². The Labute approximate surface area is 164 Å². The van der Waals surface area contributed by atoms with E-state index in [9.17, 15) is 0 Å². The van der Waals surface area contributed by atoms with Crippen molar-refractivity contribution in [2.45, 2.75) is 0 Å². The molecular weight excluding hydrogens is 404 g/mol. The summed E-state index contributed by atoms with van der Waals surface area (Å²) in [6.45, 7) is 0. The van der Waals surface area contributed by atoms with Crippen LogP contribution in [0.2, 0.25) is 20.1 Å². The Balaban J connectivity index is 1.89. The summed E-state index contributed by atoms with van der Waals surface area (Å²) in [4.78, 5) is 8.29. The Hall–Kier alpha value is -1.92. The average Bonchev–Trinajstić information content (AvgIpc) is 2.49. The van der Waals surface area contributed by atoms with Crippen LogP contribution in [0.25, 0.3) is 0 Å². The van der Waals surface area contributed by atoms with Gasteiger partial charge in [0.15, 0.2) is 11.6 Å². The molecule has 0 spiro atoms. The molecule has 0 aliphatic rings. The van der Waals surface area contributed by atoms with Crippen LogP contribution in [0.15, 0.2) is 42.7 Å². The summed E-state index contributed by atoms with van der Waals surface area (Å²) in [5.41, 5.74) is 7.77. The van der Waals surface area contributed by atoms with Crippen LogP contribution in [0, 0.1) is 0 Å². The summed E-state index contributed by atoms with van der Waals surface area (Å²) in [7, 11) is 0. The largest absolute Gasteiger partial charge is 0.393 e. The molecule has 0 radical (unpaired) electrons. The third kappa shape index (κ3) is 4.58. The van der Waals surface area contributed by atoms with Crippen molar-refractivity contribution in [2.75, 3.05) is 16.4 Å². The van der Waals surface area contributed by atoms with E-state index in [-0.39, 0.29) is 0 Å². The first-order valence-corrected chi connectivity index (χ1v) is 8.48. The zero-order valence-electron chi connectivity index (χ0n) is 12.5. The van der Waals surface area contributed by atoms with E-state index in [2.05, 4.69) is 20.6 Å². The van der Waals surface area contributed by atoms with Gasteiger partial charge in [0.25, 0.3) is 0 Å². The second kappa shape index (κ2) is 7.54. The van der Waals surface area contributed by atoms with Crippen LogP contribution in [0.4, 0.5) is 28.7 Å². The summed E-state index contributed by atoms with van der Waals surface area (Å²) >= 11 is 24.0. The van der Waals surface area contributed by atoms with Crippen LogP contribution in [-0.4, -0.2) is 9.97 Å². The lowest BCUT2D eigenvalue weighted by Gasteiger charge is -2.13. The molecule has 4 N–H and O–H groups in total. The van der Waals surface area contributed by atoms with E-state index in [1.54, 1.807) is 36.4 Å². The van der Waals surface area contributed by atoms with Crippen molar-refractivity contribution in [3.8, 4) is 0 Å². The predicted octanol–water partition coefficient (Wildman–Crippen LogP) is 6.16. The van der Waals surface area contributed by atoms with Crippen LogP contribution in [0.1, 0.15) is 0 Å². The molecule has 3 aromatic rings. The number of rotatable bonds is 4. The molecule has 0 aliphatic heterocycles. The number of nitrogens with two attached hydrogens (primary N) is 1. The highest BCUT2D eigenvalue weighted by atomic mass is 35.5. The Kier molecular flexibility index (Phi) is 5.39. The molecule has 0 amide bonds. The fraction of sp³-hybridized carbons (Fsp3) is 0. The molecule has 3 rings (SSSR count). The summed E-state index contributed by atoms with van der Waals surface area (Å²) in [5, 5.41) is 8.11. The van der Waals surface area contributed by atoms with E-state index < -0.39 is 0 Å². The molecule has 5 nitrogen and oxygen atoms in total. The van der Waals surface area contributed by atoms with Crippen LogP contribution in [0.3, 0.4) is 0 Å². The topological polar surface area (TPSA) is 75.9 Å². The minimum Gasteiger partial charge on any atom is -0.393 e. The van der Waals surface area contributed by atoms with Gasteiger partial charge in [-0.2, -0.15) is 0 Å². The minimum atomic E-state index is 0.315. The van der Waals surface area contributed by atoms with Crippen LogP contribution < -0.4 is 16.4 Å². The second-order valence-corrected chi connectivity index (χ2v) is 6.80. The summed E-state index contributed by atoms with van der Waals surface area (Å²) in [5.74, 6) is 0.813. The predicted molar refractivity (Wildman–Crippen MR) is 106 cm³/mol. The standard InChI is InChI=1S/C16H11Cl4N5/c17-8-1-9(18)4-12(3-8)24-15-14(21)16(23-7-22-15)25-13-5-10(19)2-11(20)6-13/h1-7H,21H2,(H2,22,23,24,25). The van der Waals surface area contributed by atoms with E-state index in [0.29, 0.717) is 48.8 Å². The highest BCUT2D eigenvalue weighted by Gasteiger charge is 2.10. The maximum atomic E-state index is 6.15. The van der Waals surface area contributed by atoms with Crippen LogP contribution in [0.5, 0.6) is 0 Å². The molecule has 128 valence electrons. The molecule has 2 aromatic carbocycles. The second-order valence-electron chi connectivity index (χ2n) is 5.05. The lowest BCUT2D eigenvalue weighted by Crippen LogP contribution is -2.05. The van der Waals surface area contributed by atoms with Crippen molar-refractivity contribution >= 4 is 75.1 Å². The first kappa shape index (κ1) is 17.9. The van der Waals surface area contributed by atoms with Crippen molar-refractivity contribution in [3.05, 3.63) is 62.8 Å². The SMILES string of the molecule is Nc1c(Nc2cc(Cl)cc(Cl)c2)ncnc1Nc1cc(Cl)cc(Cl)c1. The number of halogens is 4. The monoisotopic (exact) mass is 413 g/mol. The highest BCUT2D eigenvalue weighted by molar-refractivity contribution is 6.35. The number of hydrogen-bond acceptors (Lipinski definition) is 5. The van der Waals surface area contributed by atoms with Crippen LogP contribution in [-0.2, 0) is 0 Å². The third-order valence-electron chi connectivity index (χ3n) is 3.13. The van der Waals surface area contributed by atoms with Gasteiger partial charge in [0.1, 0.15) is 12.0 Å². The molecule has 9 heteroatoms. The van der Waals surface area contributed by atoms with Crippen molar-refractivity contribution < 1.29 is 0 Å². The number of aromatic nitrogens is 2. The van der Waals surface area contributed by atoms with E-state index in [4.69, 9.17) is 52.1 Å². The van der Waals surface area contributed by atoms with Gasteiger partial charge in [0.2, 0.25) is 0 Å².